The third-order valence-electron chi connectivity index (χ3n) is 9.48. The van der Waals surface area contributed by atoms with Crippen molar-refractivity contribution in [3.63, 3.8) is 0 Å². The molecule has 1 atom stereocenters. The molecule has 8 nitrogen and oxygen atoms in total. The van der Waals surface area contributed by atoms with E-state index in [4.69, 9.17) is 9.94 Å². The molecule has 2 aromatic carbocycles. The van der Waals surface area contributed by atoms with E-state index in [1.807, 2.05) is 12.1 Å². The van der Waals surface area contributed by atoms with E-state index in [0.29, 0.717) is 23.9 Å². The van der Waals surface area contributed by atoms with Crippen molar-refractivity contribution in [3.05, 3.63) is 65.2 Å². The van der Waals surface area contributed by atoms with Crippen molar-refractivity contribution < 1.29 is 19.5 Å². The van der Waals surface area contributed by atoms with E-state index in [-0.39, 0.29) is 18.1 Å². The van der Waals surface area contributed by atoms with E-state index in [0.717, 1.165) is 70.4 Å². The van der Waals surface area contributed by atoms with Crippen molar-refractivity contribution in [1.82, 2.24) is 16.1 Å². The second kappa shape index (κ2) is 15.5. The Labute approximate surface area is 250 Å². The number of nitrogens with one attached hydrogen (secondary N) is 3. The highest BCUT2D eigenvalue weighted by molar-refractivity contribution is 5.93. The quantitative estimate of drug-likeness (QED) is 0.154. The van der Waals surface area contributed by atoms with Gasteiger partial charge in [-0.3, -0.25) is 14.8 Å². The molecule has 2 aromatic rings. The van der Waals surface area contributed by atoms with E-state index in [9.17, 15) is 9.59 Å². The molecule has 2 aliphatic carbocycles. The number of carbonyl (C=O) groups is 2. The molecule has 1 aliphatic heterocycles. The molecule has 228 valence electrons. The Morgan fingerprint density at radius 1 is 0.810 bits per heavy atom. The first-order valence-corrected chi connectivity index (χ1v) is 16.1. The Kier molecular flexibility index (Phi) is 11.3. The SMILES string of the molecule is O=C(NO)c1ccc(N2CCC(CNCc3ccc(CN[C@H](C(=O)OC4CCCC4)C4CCCCC4)cc3)CC2)cc1. The molecule has 4 N–H and O–H groups in total. The number of carbonyl (C=O) groups excluding carboxylic acids is 2. The molecule has 3 aliphatic rings. The van der Waals surface area contributed by atoms with Gasteiger partial charge in [0.15, 0.2) is 0 Å². The number of benzene rings is 2. The van der Waals surface area contributed by atoms with Gasteiger partial charge in [-0.05, 0) is 105 Å². The molecule has 0 bridgehead atoms. The minimum atomic E-state index is -0.489. The highest BCUT2D eigenvalue weighted by atomic mass is 16.5. The van der Waals surface area contributed by atoms with Gasteiger partial charge in [0.2, 0.25) is 0 Å². The first-order valence-electron chi connectivity index (χ1n) is 16.1. The minimum absolute atomic E-state index is 0.0366. The fourth-order valence-corrected chi connectivity index (χ4v) is 6.86. The molecule has 1 saturated heterocycles. The molecule has 0 radical (unpaired) electrons. The summed E-state index contributed by atoms with van der Waals surface area (Å²) in [6, 6.07) is 15.9. The zero-order valence-electron chi connectivity index (χ0n) is 24.9. The van der Waals surface area contributed by atoms with Gasteiger partial charge < -0.3 is 20.3 Å². The van der Waals surface area contributed by atoms with Gasteiger partial charge in [-0.15, -0.1) is 0 Å². The second-order valence-electron chi connectivity index (χ2n) is 12.5. The topological polar surface area (TPSA) is 103 Å². The normalized spacial score (nSPS) is 19.5. The van der Waals surface area contributed by atoms with Crippen LogP contribution in [-0.4, -0.2) is 48.9 Å². The summed E-state index contributed by atoms with van der Waals surface area (Å²) in [5, 5.41) is 16.0. The zero-order chi connectivity index (χ0) is 29.1. The van der Waals surface area contributed by atoms with Gasteiger partial charge in [0.25, 0.3) is 5.91 Å². The van der Waals surface area contributed by atoms with Crippen LogP contribution in [0.4, 0.5) is 5.69 Å². The Bertz CT molecular complexity index is 1120. The molecular formula is C34H48N4O4. The van der Waals surface area contributed by atoms with Gasteiger partial charge in [-0.2, -0.15) is 0 Å². The molecule has 5 rings (SSSR count). The Morgan fingerprint density at radius 3 is 2.07 bits per heavy atom. The Morgan fingerprint density at radius 2 is 1.43 bits per heavy atom. The monoisotopic (exact) mass is 576 g/mol. The predicted molar refractivity (Wildman–Crippen MR) is 164 cm³/mol. The molecular weight excluding hydrogens is 528 g/mol. The zero-order valence-corrected chi connectivity index (χ0v) is 24.9. The van der Waals surface area contributed by atoms with E-state index in [1.54, 1.807) is 17.6 Å². The first-order chi connectivity index (χ1) is 20.6. The summed E-state index contributed by atoms with van der Waals surface area (Å²) in [6.07, 6.45) is 12.7. The van der Waals surface area contributed by atoms with Crippen molar-refractivity contribution in [2.75, 3.05) is 24.5 Å². The number of esters is 1. The number of piperidine rings is 1. The number of amides is 1. The van der Waals surface area contributed by atoms with Crippen molar-refractivity contribution in [2.45, 2.75) is 95.9 Å². The average molecular weight is 577 g/mol. The van der Waals surface area contributed by atoms with Gasteiger partial charge in [-0.25, -0.2) is 5.48 Å². The van der Waals surface area contributed by atoms with Gasteiger partial charge in [-0.1, -0.05) is 43.5 Å². The molecule has 1 amide bonds. The van der Waals surface area contributed by atoms with E-state index >= 15 is 0 Å². The third-order valence-corrected chi connectivity index (χ3v) is 9.48. The number of hydrogen-bond donors (Lipinski definition) is 4. The average Bonchev–Trinajstić information content (AvgIpc) is 3.55. The summed E-state index contributed by atoms with van der Waals surface area (Å²) in [6.45, 7) is 4.52. The van der Waals surface area contributed by atoms with Gasteiger partial charge >= 0.3 is 5.97 Å². The van der Waals surface area contributed by atoms with E-state index < -0.39 is 5.91 Å². The highest BCUT2D eigenvalue weighted by Crippen LogP contribution is 2.29. The molecule has 0 aromatic heterocycles. The lowest BCUT2D eigenvalue weighted by Crippen LogP contribution is -2.45. The summed E-state index contributed by atoms with van der Waals surface area (Å²) in [4.78, 5) is 27.0. The van der Waals surface area contributed by atoms with Crippen LogP contribution < -0.4 is 21.0 Å². The van der Waals surface area contributed by atoms with Crippen LogP contribution in [0.15, 0.2) is 48.5 Å². The lowest BCUT2D eigenvalue weighted by atomic mass is 9.83. The van der Waals surface area contributed by atoms with Crippen molar-refractivity contribution in [2.24, 2.45) is 11.8 Å². The van der Waals surface area contributed by atoms with Crippen LogP contribution >= 0.6 is 0 Å². The number of hydroxylamine groups is 1. The molecule has 0 spiro atoms. The van der Waals surface area contributed by atoms with Crippen molar-refractivity contribution in [1.29, 1.82) is 0 Å². The standard InChI is InChI=1S/C34H48N4O4/c39-33(37-41)29-14-16-30(17-15-29)38-20-18-27(19-21-38)23-35-22-25-10-12-26(13-11-25)24-36-32(28-6-2-1-3-7-28)34(40)42-31-8-4-5-9-31/h10-17,27-28,31-32,35-36,41H,1-9,18-24H2,(H,37,39)/t32-/m0/s1. The van der Waals surface area contributed by atoms with Crippen LogP contribution in [0.5, 0.6) is 0 Å². The third kappa shape index (κ3) is 8.55. The van der Waals surface area contributed by atoms with Gasteiger partial charge in [0, 0.05) is 37.4 Å². The molecule has 2 saturated carbocycles. The van der Waals surface area contributed by atoms with Crippen LogP contribution in [0.1, 0.15) is 92.1 Å². The maximum Gasteiger partial charge on any atom is 0.323 e. The number of rotatable bonds is 12. The summed E-state index contributed by atoms with van der Waals surface area (Å²) in [5.41, 5.74) is 5.71. The van der Waals surface area contributed by atoms with Crippen LogP contribution in [-0.2, 0) is 22.6 Å². The van der Waals surface area contributed by atoms with Gasteiger partial charge in [0.1, 0.15) is 12.1 Å². The maximum atomic E-state index is 13.1. The summed E-state index contributed by atoms with van der Waals surface area (Å²) in [7, 11) is 0. The van der Waals surface area contributed by atoms with E-state index in [2.05, 4.69) is 39.8 Å². The lowest BCUT2D eigenvalue weighted by molar-refractivity contribution is -0.153. The Hall–Kier alpha value is -2.94. The molecule has 8 heteroatoms. The van der Waals surface area contributed by atoms with Crippen molar-refractivity contribution in [3.8, 4) is 0 Å². The fourth-order valence-electron chi connectivity index (χ4n) is 6.86. The molecule has 3 fully saturated rings. The second-order valence-corrected chi connectivity index (χ2v) is 12.5. The number of ether oxygens (including phenoxy) is 1. The highest BCUT2D eigenvalue weighted by Gasteiger charge is 2.32. The summed E-state index contributed by atoms with van der Waals surface area (Å²) in [5.74, 6) is 0.497. The van der Waals surface area contributed by atoms with E-state index in [1.165, 1.54) is 43.2 Å². The fraction of sp³-hybridized carbons (Fsp3) is 0.588. The number of nitrogens with zero attached hydrogens (tertiary/aromatic N) is 1. The predicted octanol–water partition coefficient (Wildman–Crippen LogP) is 5.34. The van der Waals surface area contributed by atoms with Crippen LogP contribution in [0.25, 0.3) is 0 Å². The Balaban J connectivity index is 1.03. The summed E-state index contributed by atoms with van der Waals surface area (Å²) >= 11 is 0. The lowest BCUT2D eigenvalue weighted by Gasteiger charge is -2.33. The number of anilines is 1. The smallest absolute Gasteiger partial charge is 0.323 e. The van der Waals surface area contributed by atoms with Crippen molar-refractivity contribution >= 4 is 17.6 Å². The maximum absolute atomic E-state index is 13.1. The van der Waals surface area contributed by atoms with Crippen LogP contribution in [0.2, 0.25) is 0 Å². The molecule has 1 heterocycles. The summed E-state index contributed by atoms with van der Waals surface area (Å²) < 4.78 is 5.94. The van der Waals surface area contributed by atoms with Crippen LogP contribution in [0.3, 0.4) is 0 Å². The molecule has 42 heavy (non-hydrogen) atoms. The molecule has 0 unspecified atom stereocenters. The van der Waals surface area contributed by atoms with Gasteiger partial charge in [0.05, 0.1) is 0 Å². The minimum Gasteiger partial charge on any atom is -0.461 e. The number of hydrogen-bond acceptors (Lipinski definition) is 7. The first kappa shape index (κ1) is 30.5. The van der Waals surface area contributed by atoms with Crippen LogP contribution in [0, 0.1) is 11.8 Å². The largest absolute Gasteiger partial charge is 0.461 e.